The van der Waals surface area contributed by atoms with E-state index in [9.17, 15) is 9.59 Å². The molecule has 4 rings (SSSR count). The standard InChI is InChI=1S/C24H34N4O3/c1-17-4-3-5-20(12-17)25-23(29)16-28-10-8-27(9-11-28)15-19-13-18-14-21(31-2)6-7-22(18)26-24(19)30/h6-7,13-14,17,20H,3-5,8-12,15-16H2,1-2H3,(H,25,29)(H,26,30). The summed E-state index contributed by atoms with van der Waals surface area (Å²) in [6.45, 7) is 6.74. The third-order valence-electron chi connectivity index (χ3n) is 6.66. The number of carbonyl (C=O) groups excluding carboxylic acids is 1. The van der Waals surface area contributed by atoms with Crippen molar-refractivity contribution >= 4 is 16.8 Å². The van der Waals surface area contributed by atoms with Crippen molar-refractivity contribution in [2.24, 2.45) is 5.92 Å². The van der Waals surface area contributed by atoms with Crippen LogP contribution in [0.4, 0.5) is 0 Å². The molecule has 1 amide bonds. The molecule has 1 aromatic carbocycles. The molecule has 2 aliphatic rings. The van der Waals surface area contributed by atoms with Crippen LogP contribution in [0.2, 0.25) is 0 Å². The molecule has 2 unspecified atom stereocenters. The number of piperazine rings is 1. The summed E-state index contributed by atoms with van der Waals surface area (Å²) in [4.78, 5) is 32.4. The van der Waals surface area contributed by atoms with Gasteiger partial charge < -0.3 is 15.0 Å². The summed E-state index contributed by atoms with van der Waals surface area (Å²) in [6, 6.07) is 7.97. The number of hydrogen-bond acceptors (Lipinski definition) is 5. The zero-order valence-corrected chi connectivity index (χ0v) is 18.7. The van der Waals surface area contributed by atoms with Crippen LogP contribution in [0.5, 0.6) is 5.75 Å². The number of aromatic amines is 1. The average molecular weight is 427 g/mol. The van der Waals surface area contributed by atoms with Gasteiger partial charge in [0.15, 0.2) is 0 Å². The number of H-pyrrole nitrogens is 1. The van der Waals surface area contributed by atoms with Crippen LogP contribution < -0.4 is 15.6 Å². The predicted octanol–water partition coefficient (Wildman–Crippen LogP) is 2.35. The molecule has 2 N–H and O–H groups in total. The topological polar surface area (TPSA) is 77.7 Å². The molecule has 168 valence electrons. The quantitative estimate of drug-likeness (QED) is 0.742. The van der Waals surface area contributed by atoms with Crippen molar-refractivity contribution in [3.8, 4) is 5.75 Å². The molecule has 0 bridgehead atoms. The summed E-state index contributed by atoms with van der Waals surface area (Å²) in [6.07, 6.45) is 4.70. The minimum absolute atomic E-state index is 0.0406. The Morgan fingerprint density at radius 3 is 2.68 bits per heavy atom. The molecule has 1 aliphatic heterocycles. The fourth-order valence-electron chi connectivity index (χ4n) is 4.86. The fraction of sp³-hybridized carbons (Fsp3) is 0.583. The van der Waals surface area contributed by atoms with Gasteiger partial charge in [0.05, 0.1) is 13.7 Å². The first-order valence-corrected chi connectivity index (χ1v) is 11.4. The van der Waals surface area contributed by atoms with Crippen LogP contribution in [0.1, 0.15) is 38.2 Å². The lowest BCUT2D eigenvalue weighted by atomic mass is 9.87. The summed E-state index contributed by atoms with van der Waals surface area (Å²) < 4.78 is 5.30. The summed E-state index contributed by atoms with van der Waals surface area (Å²) in [5, 5.41) is 4.20. The fourth-order valence-corrected chi connectivity index (χ4v) is 4.86. The van der Waals surface area contributed by atoms with Crippen molar-refractivity contribution in [2.75, 3.05) is 39.8 Å². The van der Waals surface area contributed by atoms with Crippen LogP contribution in [0.15, 0.2) is 29.1 Å². The first-order valence-electron chi connectivity index (χ1n) is 11.4. The van der Waals surface area contributed by atoms with Gasteiger partial charge in [-0.3, -0.25) is 19.4 Å². The summed E-state index contributed by atoms with van der Waals surface area (Å²) in [5.41, 5.74) is 1.54. The molecule has 2 aromatic rings. The molecule has 1 saturated carbocycles. The minimum atomic E-state index is -0.0406. The van der Waals surface area contributed by atoms with Crippen molar-refractivity contribution in [2.45, 2.75) is 45.2 Å². The molecule has 2 atom stereocenters. The van der Waals surface area contributed by atoms with E-state index >= 15 is 0 Å². The Balaban J connectivity index is 1.28. The predicted molar refractivity (Wildman–Crippen MR) is 122 cm³/mol. The van der Waals surface area contributed by atoms with Crippen molar-refractivity contribution in [1.82, 2.24) is 20.1 Å². The third-order valence-corrected chi connectivity index (χ3v) is 6.66. The zero-order valence-electron chi connectivity index (χ0n) is 18.7. The second kappa shape index (κ2) is 9.83. The van der Waals surface area contributed by atoms with Crippen LogP contribution in [0, 0.1) is 5.92 Å². The maximum Gasteiger partial charge on any atom is 0.252 e. The molecule has 7 heteroatoms. The van der Waals surface area contributed by atoms with Gasteiger partial charge in [0.1, 0.15) is 5.75 Å². The van der Waals surface area contributed by atoms with Gasteiger partial charge in [-0.15, -0.1) is 0 Å². The Morgan fingerprint density at radius 2 is 1.94 bits per heavy atom. The number of carbonyl (C=O) groups is 1. The van der Waals surface area contributed by atoms with Crippen LogP contribution in [0.3, 0.4) is 0 Å². The van der Waals surface area contributed by atoms with Gasteiger partial charge in [0.2, 0.25) is 5.91 Å². The van der Waals surface area contributed by atoms with E-state index in [1.165, 1.54) is 12.8 Å². The van der Waals surface area contributed by atoms with Gasteiger partial charge in [-0.25, -0.2) is 0 Å². The summed E-state index contributed by atoms with van der Waals surface area (Å²) >= 11 is 0. The number of benzene rings is 1. The van der Waals surface area contributed by atoms with Gasteiger partial charge in [0, 0.05) is 55.2 Å². The first kappa shape index (κ1) is 21.8. The normalized spacial score (nSPS) is 23.0. The summed E-state index contributed by atoms with van der Waals surface area (Å²) in [7, 11) is 1.64. The second-order valence-corrected chi connectivity index (χ2v) is 9.17. The number of methoxy groups -OCH3 is 1. The average Bonchev–Trinajstić information content (AvgIpc) is 2.75. The van der Waals surface area contributed by atoms with Crippen LogP contribution in [-0.4, -0.2) is 66.6 Å². The smallest absolute Gasteiger partial charge is 0.252 e. The number of amides is 1. The lowest BCUT2D eigenvalue weighted by Gasteiger charge is -2.35. The van der Waals surface area contributed by atoms with Crippen LogP contribution in [-0.2, 0) is 11.3 Å². The van der Waals surface area contributed by atoms with Crippen molar-refractivity contribution in [1.29, 1.82) is 0 Å². The summed E-state index contributed by atoms with van der Waals surface area (Å²) in [5.74, 6) is 1.63. The number of nitrogens with one attached hydrogen (secondary N) is 2. The number of fused-ring (bicyclic) bond motifs is 1. The second-order valence-electron chi connectivity index (χ2n) is 9.17. The molecule has 1 aliphatic carbocycles. The molecule has 2 heterocycles. The number of pyridine rings is 1. The Kier molecular flexibility index (Phi) is 6.92. The molecule has 7 nitrogen and oxygen atoms in total. The molecule has 0 radical (unpaired) electrons. The zero-order chi connectivity index (χ0) is 21.8. The van der Waals surface area contributed by atoms with E-state index in [-0.39, 0.29) is 11.5 Å². The van der Waals surface area contributed by atoms with Crippen LogP contribution in [0.25, 0.3) is 10.9 Å². The largest absolute Gasteiger partial charge is 0.497 e. The molecule has 1 saturated heterocycles. The van der Waals surface area contributed by atoms with Gasteiger partial charge >= 0.3 is 0 Å². The molecule has 31 heavy (non-hydrogen) atoms. The van der Waals surface area contributed by atoms with Crippen molar-refractivity contribution in [3.05, 3.63) is 40.2 Å². The molecule has 2 fully saturated rings. The lowest BCUT2D eigenvalue weighted by molar-refractivity contribution is -0.123. The van der Waals surface area contributed by atoms with Gasteiger partial charge in [-0.05, 0) is 43.0 Å². The van der Waals surface area contributed by atoms with Crippen LogP contribution >= 0.6 is 0 Å². The van der Waals surface area contributed by atoms with E-state index in [1.807, 2.05) is 24.3 Å². The first-order chi connectivity index (χ1) is 15.0. The Hall–Kier alpha value is -2.38. The van der Waals surface area contributed by atoms with Gasteiger partial charge in [-0.2, -0.15) is 0 Å². The SMILES string of the molecule is COc1ccc2[nH]c(=O)c(CN3CCN(CC(=O)NC4CCCC(C)C4)CC3)cc2c1. The Labute approximate surface area is 183 Å². The molecule has 0 spiro atoms. The van der Waals surface area contributed by atoms with Gasteiger partial charge in [-0.1, -0.05) is 19.8 Å². The van der Waals surface area contributed by atoms with E-state index in [4.69, 9.17) is 4.74 Å². The minimum Gasteiger partial charge on any atom is -0.497 e. The van der Waals surface area contributed by atoms with E-state index in [0.717, 1.165) is 61.2 Å². The number of ether oxygens (including phenoxy) is 1. The van der Waals surface area contributed by atoms with E-state index in [1.54, 1.807) is 7.11 Å². The molecule has 1 aromatic heterocycles. The van der Waals surface area contributed by atoms with E-state index in [0.29, 0.717) is 25.0 Å². The number of aromatic nitrogens is 1. The maximum atomic E-state index is 12.5. The highest BCUT2D eigenvalue weighted by molar-refractivity contribution is 5.80. The highest BCUT2D eigenvalue weighted by Gasteiger charge is 2.23. The lowest BCUT2D eigenvalue weighted by Crippen LogP contribution is -2.50. The Bertz CT molecular complexity index is 965. The molecular weight excluding hydrogens is 392 g/mol. The molecular formula is C24H34N4O3. The Morgan fingerprint density at radius 1 is 1.16 bits per heavy atom. The maximum absolute atomic E-state index is 12.5. The third kappa shape index (κ3) is 5.66. The number of hydrogen-bond donors (Lipinski definition) is 2. The highest BCUT2D eigenvalue weighted by atomic mass is 16.5. The van der Waals surface area contributed by atoms with E-state index in [2.05, 4.69) is 27.0 Å². The van der Waals surface area contributed by atoms with Gasteiger partial charge in [0.25, 0.3) is 5.56 Å². The van der Waals surface area contributed by atoms with Crippen molar-refractivity contribution < 1.29 is 9.53 Å². The van der Waals surface area contributed by atoms with E-state index < -0.39 is 0 Å². The van der Waals surface area contributed by atoms with Crippen molar-refractivity contribution in [3.63, 3.8) is 0 Å². The monoisotopic (exact) mass is 426 g/mol. The highest BCUT2D eigenvalue weighted by Crippen LogP contribution is 2.23. The number of rotatable bonds is 6. The number of nitrogens with zero attached hydrogens (tertiary/aromatic N) is 2.